The maximum absolute atomic E-state index is 3.70. The van der Waals surface area contributed by atoms with Crippen molar-refractivity contribution >= 4 is 0 Å². The van der Waals surface area contributed by atoms with Crippen LogP contribution in [0.3, 0.4) is 0 Å². The minimum absolute atomic E-state index is 0.244. The molecule has 1 heteroatoms. The van der Waals surface area contributed by atoms with Crippen LogP contribution in [0.2, 0.25) is 0 Å². The van der Waals surface area contributed by atoms with Crippen LogP contribution in [0.4, 0.5) is 0 Å². The number of aryl methyl sites for hydroxylation is 2. The van der Waals surface area contributed by atoms with Crippen LogP contribution in [0, 0.1) is 5.41 Å². The zero-order valence-corrected chi connectivity index (χ0v) is 12.7. The van der Waals surface area contributed by atoms with E-state index in [9.17, 15) is 0 Å². The van der Waals surface area contributed by atoms with E-state index in [0.717, 1.165) is 0 Å². The lowest BCUT2D eigenvalue weighted by molar-refractivity contribution is 0.356. The molecule has 0 aliphatic heterocycles. The molecule has 104 valence electrons. The summed E-state index contributed by atoms with van der Waals surface area (Å²) >= 11 is 0. The second kappa shape index (κ2) is 4.63. The summed E-state index contributed by atoms with van der Waals surface area (Å²) in [6.45, 7) is 7.96. The third-order valence-electron chi connectivity index (χ3n) is 4.69. The monoisotopic (exact) mass is 257 g/mol. The summed E-state index contributed by atoms with van der Waals surface area (Å²) in [5.74, 6) is 0. The van der Waals surface area contributed by atoms with Crippen LogP contribution in [0.1, 0.15) is 56.7 Å². The predicted molar refractivity (Wildman–Crippen MR) is 81.6 cm³/mol. The smallest absolute Gasteiger partial charge is 0.00967 e. The number of fused-ring (bicyclic) bond motifs is 1. The molecule has 0 radical (unpaired) electrons. The number of nitrogens with one attached hydrogen (secondary N) is 1. The Hall–Kier alpha value is -0.820. The fraction of sp³-hybridized carbons (Fsp3) is 0.667. The van der Waals surface area contributed by atoms with Gasteiger partial charge in [0.15, 0.2) is 0 Å². The van der Waals surface area contributed by atoms with Gasteiger partial charge in [-0.15, -0.1) is 0 Å². The molecule has 0 aromatic heterocycles. The molecule has 0 atom stereocenters. The van der Waals surface area contributed by atoms with Crippen molar-refractivity contribution in [2.75, 3.05) is 6.54 Å². The molecule has 1 saturated carbocycles. The minimum Gasteiger partial charge on any atom is -0.312 e. The maximum Gasteiger partial charge on any atom is 0.00967 e. The van der Waals surface area contributed by atoms with Crippen molar-refractivity contribution in [2.24, 2.45) is 5.41 Å². The quantitative estimate of drug-likeness (QED) is 0.863. The fourth-order valence-corrected chi connectivity index (χ4v) is 3.21. The van der Waals surface area contributed by atoms with E-state index in [1.807, 2.05) is 0 Å². The minimum atomic E-state index is 0.244. The van der Waals surface area contributed by atoms with Gasteiger partial charge in [-0.25, -0.2) is 0 Å². The Morgan fingerprint density at radius 2 is 1.84 bits per heavy atom. The molecule has 1 fully saturated rings. The second-order valence-electron chi connectivity index (χ2n) is 7.74. The molecule has 1 nitrogen and oxygen atoms in total. The van der Waals surface area contributed by atoms with Crippen LogP contribution in [-0.2, 0) is 19.3 Å². The Kier molecular flexibility index (Phi) is 3.21. The van der Waals surface area contributed by atoms with E-state index in [1.54, 1.807) is 16.7 Å². The highest BCUT2D eigenvalue weighted by Crippen LogP contribution is 2.48. The zero-order valence-electron chi connectivity index (χ0n) is 12.7. The summed E-state index contributed by atoms with van der Waals surface area (Å²) in [4.78, 5) is 0. The van der Waals surface area contributed by atoms with Gasteiger partial charge in [0.1, 0.15) is 0 Å². The van der Waals surface area contributed by atoms with Crippen LogP contribution in [0.15, 0.2) is 18.2 Å². The molecule has 0 amide bonds. The van der Waals surface area contributed by atoms with Crippen LogP contribution >= 0.6 is 0 Å². The second-order valence-corrected chi connectivity index (χ2v) is 7.74. The van der Waals surface area contributed by atoms with Crippen molar-refractivity contribution in [3.8, 4) is 0 Å². The van der Waals surface area contributed by atoms with Crippen molar-refractivity contribution < 1.29 is 0 Å². The van der Waals surface area contributed by atoms with E-state index in [2.05, 4.69) is 44.3 Å². The summed E-state index contributed by atoms with van der Waals surface area (Å²) in [5.41, 5.74) is 5.58. The SMILES string of the molecule is CC(C)(C)NCC1(Cc2ccc3c(c2)CCC3)CC1. The number of benzene rings is 1. The van der Waals surface area contributed by atoms with Crippen LogP contribution < -0.4 is 5.32 Å². The van der Waals surface area contributed by atoms with Crippen molar-refractivity contribution in [3.05, 3.63) is 34.9 Å². The lowest BCUT2D eigenvalue weighted by Gasteiger charge is -2.25. The molecule has 0 heterocycles. The molecule has 3 rings (SSSR count). The molecule has 0 bridgehead atoms. The molecular weight excluding hydrogens is 230 g/mol. The third-order valence-corrected chi connectivity index (χ3v) is 4.69. The number of rotatable bonds is 4. The number of hydrogen-bond donors (Lipinski definition) is 1. The van der Waals surface area contributed by atoms with E-state index in [4.69, 9.17) is 0 Å². The molecule has 1 N–H and O–H groups in total. The standard InChI is InChI=1S/C18H27N/c1-17(2,3)19-13-18(9-10-18)12-14-7-8-15-5-4-6-16(15)11-14/h7-8,11,19H,4-6,9-10,12-13H2,1-3H3. The summed E-state index contributed by atoms with van der Waals surface area (Å²) < 4.78 is 0. The Balaban J connectivity index is 1.65. The van der Waals surface area contributed by atoms with Crippen molar-refractivity contribution in [2.45, 2.75) is 64.8 Å². The maximum atomic E-state index is 3.70. The van der Waals surface area contributed by atoms with Crippen molar-refractivity contribution in [1.82, 2.24) is 5.32 Å². The average Bonchev–Trinajstić information content (AvgIpc) is 2.94. The molecule has 0 unspecified atom stereocenters. The highest BCUT2D eigenvalue weighted by molar-refractivity contribution is 5.36. The largest absolute Gasteiger partial charge is 0.312 e. The molecule has 0 saturated heterocycles. The molecule has 1 aromatic rings. The first kappa shape index (κ1) is 13.2. The molecule has 2 aliphatic rings. The molecule has 2 aliphatic carbocycles. The van der Waals surface area contributed by atoms with Gasteiger partial charge in [-0.1, -0.05) is 18.2 Å². The van der Waals surface area contributed by atoms with Gasteiger partial charge in [0.05, 0.1) is 0 Å². The van der Waals surface area contributed by atoms with E-state index < -0.39 is 0 Å². The van der Waals surface area contributed by atoms with E-state index in [-0.39, 0.29) is 5.54 Å². The molecule has 1 aromatic carbocycles. The van der Waals surface area contributed by atoms with E-state index >= 15 is 0 Å². The lowest BCUT2D eigenvalue weighted by atomic mass is 9.93. The Morgan fingerprint density at radius 3 is 2.53 bits per heavy atom. The van der Waals surface area contributed by atoms with Gasteiger partial charge in [0, 0.05) is 12.1 Å². The van der Waals surface area contributed by atoms with Crippen molar-refractivity contribution in [3.63, 3.8) is 0 Å². The van der Waals surface area contributed by atoms with Gasteiger partial charge in [-0.2, -0.15) is 0 Å². The van der Waals surface area contributed by atoms with Crippen LogP contribution in [-0.4, -0.2) is 12.1 Å². The highest BCUT2D eigenvalue weighted by Gasteiger charge is 2.42. The zero-order chi connectivity index (χ0) is 13.5. The van der Waals surface area contributed by atoms with Gasteiger partial charge >= 0.3 is 0 Å². The van der Waals surface area contributed by atoms with Gasteiger partial charge in [0.2, 0.25) is 0 Å². The summed E-state index contributed by atoms with van der Waals surface area (Å²) in [6, 6.07) is 7.24. The van der Waals surface area contributed by atoms with Gasteiger partial charge in [-0.3, -0.25) is 0 Å². The first-order valence-electron chi connectivity index (χ1n) is 7.82. The van der Waals surface area contributed by atoms with Gasteiger partial charge < -0.3 is 5.32 Å². The van der Waals surface area contributed by atoms with E-state index in [0.29, 0.717) is 5.41 Å². The van der Waals surface area contributed by atoms with Crippen LogP contribution in [0.25, 0.3) is 0 Å². The van der Waals surface area contributed by atoms with Crippen LogP contribution in [0.5, 0.6) is 0 Å². The van der Waals surface area contributed by atoms with Gasteiger partial charge in [-0.05, 0) is 81.4 Å². The molecule has 19 heavy (non-hydrogen) atoms. The topological polar surface area (TPSA) is 12.0 Å². The third kappa shape index (κ3) is 3.20. The summed E-state index contributed by atoms with van der Waals surface area (Å²) in [6.07, 6.45) is 8.02. The van der Waals surface area contributed by atoms with E-state index in [1.165, 1.54) is 45.1 Å². The first-order chi connectivity index (χ1) is 8.96. The van der Waals surface area contributed by atoms with Crippen molar-refractivity contribution in [1.29, 1.82) is 0 Å². The normalized spacial score (nSPS) is 20.4. The highest BCUT2D eigenvalue weighted by atomic mass is 15.0. The Labute approximate surface area is 117 Å². The first-order valence-corrected chi connectivity index (χ1v) is 7.82. The molecular formula is C18H27N. The fourth-order valence-electron chi connectivity index (χ4n) is 3.21. The lowest BCUT2D eigenvalue weighted by Crippen LogP contribution is -2.40. The molecule has 0 spiro atoms. The Morgan fingerprint density at radius 1 is 1.11 bits per heavy atom. The number of hydrogen-bond acceptors (Lipinski definition) is 1. The predicted octanol–water partition coefficient (Wildman–Crippen LogP) is 3.89. The van der Waals surface area contributed by atoms with Gasteiger partial charge in [0.25, 0.3) is 0 Å². The average molecular weight is 257 g/mol. The Bertz CT molecular complexity index is 463. The summed E-state index contributed by atoms with van der Waals surface area (Å²) in [7, 11) is 0. The summed E-state index contributed by atoms with van der Waals surface area (Å²) in [5, 5.41) is 3.70.